The predicted molar refractivity (Wildman–Crippen MR) is 58.9 cm³/mol. The highest BCUT2D eigenvalue weighted by Gasteiger charge is 2.16. The first kappa shape index (κ1) is 11.0. The van der Waals surface area contributed by atoms with Crippen molar-refractivity contribution in [2.24, 2.45) is 11.3 Å². The summed E-state index contributed by atoms with van der Waals surface area (Å²) in [6.07, 6.45) is 7.15. The molecule has 1 saturated carbocycles. The van der Waals surface area contributed by atoms with Crippen LogP contribution in [0.4, 0.5) is 0 Å². The monoisotopic (exact) mass is 183 g/mol. The molecule has 0 spiro atoms. The standard InChI is InChI=1S/C12H25N/c1-12(2,3)8-10-13-9-7-11-5-4-6-11/h11,13H,4-10H2,1-3H3. The van der Waals surface area contributed by atoms with E-state index in [1.807, 2.05) is 0 Å². The van der Waals surface area contributed by atoms with Gasteiger partial charge in [-0.15, -0.1) is 0 Å². The molecule has 1 fully saturated rings. The molecule has 1 rings (SSSR count). The Morgan fingerprint density at radius 1 is 1.15 bits per heavy atom. The maximum atomic E-state index is 3.54. The Kier molecular flexibility index (Phi) is 4.24. The molecule has 1 aliphatic carbocycles. The molecule has 0 bridgehead atoms. The predicted octanol–water partition coefficient (Wildman–Crippen LogP) is 3.20. The second kappa shape index (κ2) is 4.99. The van der Waals surface area contributed by atoms with Gasteiger partial charge in [0.15, 0.2) is 0 Å². The van der Waals surface area contributed by atoms with Crippen molar-refractivity contribution in [2.45, 2.75) is 52.9 Å². The molecule has 1 aliphatic rings. The molecule has 1 heteroatoms. The second-order valence-electron chi connectivity index (χ2n) is 5.65. The Labute approximate surface area is 83.3 Å². The van der Waals surface area contributed by atoms with Crippen LogP contribution in [0.3, 0.4) is 0 Å². The van der Waals surface area contributed by atoms with E-state index in [-0.39, 0.29) is 0 Å². The fraction of sp³-hybridized carbons (Fsp3) is 1.00. The summed E-state index contributed by atoms with van der Waals surface area (Å²) < 4.78 is 0. The van der Waals surface area contributed by atoms with E-state index in [0.29, 0.717) is 5.41 Å². The zero-order chi connectivity index (χ0) is 9.73. The van der Waals surface area contributed by atoms with Crippen LogP contribution in [0.2, 0.25) is 0 Å². The van der Waals surface area contributed by atoms with Crippen molar-refractivity contribution in [1.82, 2.24) is 5.32 Å². The Balaban J connectivity index is 1.83. The smallest absolute Gasteiger partial charge is 0.00439 e. The van der Waals surface area contributed by atoms with E-state index >= 15 is 0 Å². The van der Waals surface area contributed by atoms with Crippen LogP contribution in [0.25, 0.3) is 0 Å². The van der Waals surface area contributed by atoms with Gasteiger partial charge in [0.05, 0.1) is 0 Å². The van der Waals surface area contributed by atoms with Gasteiger partial charge in [-0.3, -0.25) is 0 Å². The van der Waals surface area contributed by atoms with Crippen LogP contribution < -0.4 is 5.32 Å². The molecule has 0 aromatic heterocycles. The largest absolute Gasteiger partial charge is 0.317 e. The highest BCUT2D eigenvalue weighted by Crippen LogP contribution is 2.28. The third-order valence-electron chi connectivity index (χ3n) is 3.01. The number of nitrogens with one attached hydrogen (secondary N) is 1. The van der Waals surface area contributed by atoms with Crippen LogP contribution in [0.5, 0.6) is 0 Å². The normalized spacial score (nSPS) is 18.7. The van der Waals surface area contributed by atoms with Crippen LogP contribution in [0.1, 0.15) is 52.9 Å². The summed E-state index contributed by atoms with van der Waals surface area (Å²) in [6.45, 7) is 9.35. The highest BCUT2D eigenvalue weighted by atomic mass is 14.8. The zero-order valence-corrected chi connectivity index (χ0v) is 9.53. The second-order valence-corrected chi connectivity index (χ2v) is 5.65. The molecule has 0 aromatic carbocycles. The summed E-state index contributed by atoms with van der Waals surface area (Å²) in [7, 11) is 0. The van der Waals surface area contributed by atoms with Gasteiger partial charge in [0.1, 0.15) is 0 Å². The molecule has 0 unspecified atom stereocenters. The van der Waals surface area contributed by atoms with Crippen LogP contribution in [0.15, 0.2) is 0 Å². The Morgan fingerprint density at radius 3 is 2.31 bits per heavy atom. The molecule has 13 heavy (non-hydrogen) atoms. The molecule has 1 nitrogen and oxygen atoms in total. The van der Waals surface area contributed by atoms with Gasteiger partial charge in [-0.25, -0.2) is 0 Å². The van der Waals surface area contributed by atoms with Gasteiger partial charge in [-0.05, 0) is 37.3 Å². The van der Waals surface area contributed by atoms with Crippen molar-refractivity contribution in [3.8, 4) is 0 Å². The maximum Gasteiger partial charge on any atom is -0.00439 e. The summed E-state index contributed by atoms with van der Waals surface area (Å²) in [6, 6.07) is 0. The molecule has 0 heterocycles. The molecule has 1 N–H and O–H groups in total. The van der Waals surface area contributed by atoms with Gasteiger partial charge in [0, 0.05) is 0 Å². The minimum atomic E-state index is 0.490. The fourth-order valence-electron chi connectivity index (χ4n) is 1.68. The van der Waals surface area contributed by atoms with Gasteiger partial charge in [-0.1, -0.05) is 40.0 Å². The average Bonchev–Trinajstić information content (AvgIpc) is 1.90. The van der Waals surface area contributed by atoms with E-state index < -0.39 is 0 Å². The number of hydrogen-bond donors (Lipinski definition) is 1. The van der Waals surface area contributed by atoms with Crippen LogP contribution >= 0.6 is 0 Å². The van der Waals surface area contributed by atoms with Crippen molar-refractivity contribution in [1.29, 1.82) is 0 Å². The quantitative estimate of drug-likeness (QED) is 0.645. The maximum absolute atomic E-state index is 3.54. The van der Waals surface area contributed by atoms with Crippen molar-refractivity contribution in [3.63, 3.8) is 0 Å². The third kappa shape index (κ3) is 5.30. The van der Waals surface area contributed by atoms with Crippen LogP contribution in [-0.2, 0) is 0 Å². The van der Waals surface area contributed by atoms with Gasteiger partial charge < -0.3 is 5.32 Å². The van der Waals surface area contributed by atoms with E-state index in [0.717, 1.165) is 5.92 Å². The molecule has 0 aromatic rings. The van der Waals surface area contributed by atoms with E-state index in [2.05, 4.69) is 26.1 Å². The van der Waals surface area contributed by atoms with Gasteiger partial charge in [0.25, 0.3) is 0 Å². The lowest BCUT2D eigenvalue weighted by molar-refractivity contribution is 0.288. The van der Waals surface area contributed by atoms with Crippen LogP contribution in [-0.4, -0.2) is 13.1 Å². The number of hydrogen-bond acceptors (Lipinski definition) is 1. The molecule has 0 saturated heterocycles. The van der Waals surface area contributed by atoms with Crippen LogP contribution in [0, 0.1) is 11.3 Å². The van der Waals surface area contributed by atoms with Gasteiger partial charge in [-0.2, -0.15) is 0 Å². The summed E-state index contributed by atoms with van der Waals surface area (Å²) in [5, 5.41) is 3.54. The lowest BCUT2D eigenvalue weighted by Crippen LogP contribution is -2.24. The zero-order valence-electron chi connectivity index (χ0n) is 9.53. The van der Waals surface area contributed by atoms with Crippen molar-refractivity contribution in [2.75, 3.05) is 13.1 Å². The molecule has 78 valence electrons. The van der Waals surface area contributed by atoms with Gasteiger partial charge in [0.2, 0.25) is 0 Å². The minimum absolute atomic E-state index is 0.490. The van der Waals surface area contributed by atoms with E-state index in [4.69, 9.17) is 0 Å². The van der Waals surface area contributed by atoms with Crippen molar-refractivity contribution in [3.05, 3.63) is 0 Å². The summed E-state index contributed by atoms with van der Waals surface area (Å²) >= 11 is 0. The minimum Gasteiger partial charge on any atom is -0.317 e. The van der Waals surface area contributed by atoms with Crippen molar-refractivity contribution >= 4 is 0 Å². The molecule has 0 radical (unpaired) electrons. The average molecular weight is 183 g/mol. The Hall–Kier alpha value is -0.0400. The van der Waals surface area contributed by atoms with E-state index in [9.17, 15) is 0 Å². The molecule has 0 amide bonds. The van der Waals surface area contributed by atoms with Crippen molar-refractivity contribution < 1.29 is 0 Å². The topological polar surface area (TPSA) is 12.0 Å². The van der Waals surface area contributed by atoms with E-state index in [1.165, 1.54) is 45.2 Å². The van der Waals surface area contributed by atoms with E-state index in [1.54, 1.807) is 0 Å². The molecular formula is C12H25N. The summed E-state index contributed by atoms with van der Waals surface area (Å²) in [5.41, 5.74) is 0.490. The first-order valence-electron chi connectivity index (χ1n) is 5.79. The molecule has 0 atom stereocenters. The first-order valence-corrected chi connectivity index (χ1v) is 5.79. The number of rotatable bonds is 5. The lowest BCUT2D eigenvalue weighted by atomic mass is 9.83. The fourth-order valence-corrected chi connectivity index (χ4v) is 1.68. The summed E-state index contributed by atoms with van der Waals surface area (Å²) in [5.74, 6) is 1.06. The molecule has 0 aliphatic heterocycles. The Morgan fingerprint density at radius 2 is 1.85 bits per heavy atom. The first-order chi connectivity index (χ1) is 6.08. The SMILES string of the molecule is CC(C)(C)CCNCCC1CCC1. The lowest BCUT2D eigenvalue weighted by Gasteiger charge is -2.25. The summed E-state index contributed by atoms with van der Waals surface area (Å²) in [4.78, 5) is 0. The highest BCUT2D eigenvalue weighted by molar-refractivity contribution is 4.70. The van der Waals surface area contributed by atoms with Gasteiger partial charge >= 0.3 is 0 Å². The molecular weight excluding hydrogens is 158 g/mol. The Bertz CT molecular complexity index is 131. The third-order valence-corrected chi connectivity index (χ3v) is 3.01.